The van der Waals surface area contributed by atoms with Crippen LogP contribution >= 0.6 is 0 Å². The molecule has 3 aliphatic rings. The summed E-state index contributed by atoms with van der Waals surface area (Å²) in [7, 11) is 0. The van der Waals surface area contributed by atoms with Crippen LogP contribution in [0.4, 0.5) is 0 Å². The maximum atomic E-state index is 3.97. The lowest BCUT2D eigenvalue weighted by molar-refractivity contribution is 0.105. The van der Waals surface area contributed by atoms with Gasteiger partial charge in [0.2, 0.25) is 0 Å². The maximum Gasteiger partial charge on any atom is 0.0224 e. The average Bonchev–Trinajstić information content (AvgIpc) is 3.15. The molecule has 0 bridgehead atoms. The second-order valence-electron chi connectivity index (χ2n) is 7.92. The largest absolute Gasteiger partial charge is 0.294 e. The van der Waals surface area contributed by atoms with Gasteiger partial charge in [0.15, 0.2) is 0 Å². The fourth-order valence-electron chi connectivity index (χ4n) is 4.70. The molecule has 0 N–H and O–H groups in total. The Bertz CT molecular complexity index is 329. The lowest BCUT2D eigenvalue weighted by atomic mass is 9.69. The second-order valence-corrected chi connectivity index (χ2v) is 7.92. The molecule has 0 spiro atoms. The van der Waals surface area contributed by atoms with Crippen molar-refractivity contribution < 1.29 is 0 Å². The third-order valence-corrected chi connectivity index (χ3v) is 6.70. The molecule has 1 heteroatoms. The molecule has 0 aromatic carbocycles. The molecule has 0 aromatic rings. The molecule has 1 saturated heterocycles. The van der Waals surface area contributed by atoms with Crippen LogP contribution < -0.4 is 0 Å². The van der Waals surface area contributed by atoms with Crippen LogP contribution in [0.5, 0.6) is 0 Å². The van der Waals surface area contributed by atoms with Crippen molar-refractivity contribution in [3.63, 3.8) is 0 Å². The minimum Gasteiger partial charge on any atom is -0.294 e. The van der Waals surface area contributed by atoms with Crippen molar-refractivity contribution in [1.29, 1.82) is 0 Å². The van der Waals surface area contributed by atoms with Crippen LogP contribution in [0.1, 0.15) is 77.6 Å². The van der Waals surface area contributed by atoms with E-state index in [2.05, 4.69) is 24.5 Å². The standard InChI is InChI=1S/C20H35N/c1-3-5-12-19(17-10-7-11-17)20(21-15-18(21)4-2)14-13-16-8-6-9-16/h3,16-20H,1,4-15H2,2H3. The van der Waals surface area contributed by atoms with E-state index in [-0.39, 0.29) is 0 Å². The van der Waals surface area contributed by atoms with Crippen molar-refractivity contribution >= 4 is 0 Å². The minimum absolute atomic E-state index is 0.904. The monoisotopic (exact) mass is 289 g/mol. The molecule has 2 aliphatic carbocycles. The third-order valence-electron chi connectivity index (χ3n) is 6.70. The smallest absolute Gasteiger partial charge is 0.0224 e. The molecule has 1 aliphatic heterocycles. The highest BCUT2D eigenvalue weighted by Crippen LogP contribution is 2.44. The normalized spacial score (nSPS) is 32.0. The van der Waals surface area contributed by atoms with Crippen molar-refractivity contribution in [2.45, 2.75) is 89.6 Å². The van der Waals surface area contributed by atoms with Gasteiger partial charge in [-0.1, -0.05) is 51.5 Å². The summed E-state index contributed by atoms with van der Waals surface area (Å²) in [5, 5.41) is 0. The zero-order valence-electron chi connectivity index (χ0n) is 14.1. The van der Waals surface area contributed by atoms with Gasteiger partial charge in [0, 0.05) is 18.6 Å². The molecule has 4 atom stereocenters. The maximum absolute atomic E-state index is 3.97. The van der Waals surface area contributed by atoms with Gasteiger partial charge in [-0.25, -0.2) is 0 Å². The third kappa shape index (κ3) is 3.73. The highest BCUT2D eigenvalue weighted by Gasteiger charge is 2.44. The van der Waals surface area contributed by atoms with Crippen LogP contribution in [0, 0.1) is 17.8 Å². The molecule has 0 radical (unpaired) electrons. The average molecular weight is 290 g/mol. The Morgan fingerprint density at radius 2 is 1.90 bits per heavy atom. The quantitative estimate of drug-likeness (QED) is 0.384. The van der Waals surface area contributed by atoms with Gasteiger partial charge in [-0.05, 0) is 49.9 Å². The van der Waals surface area contributed by atoms with E-state index in [1.54, 1.807) is 0 Å². The van der Waals surface area contributed by atoms with E-state index in [0.29, 0.717) is 0 Å². The first-order chi connectivity index (χ1) is 10.3. The SMILES string of the molecule is C=CCCC(C1CCC1)C(CCC1CCC1)N1CC1CC. The van der Waals surface area contributed by atoms with E-state index >= 15 is 0 Å². The van der Waals surface area contributed by atoms with Crippen LogP contribution in [-0.2, 0) is 0 Å². The number of rotatable bonds is 10. The molecule has 4 unspecified atom stereocenters. The Morgan fingerprint density at radius 3 is 2.38 bits per heavy atom. The summed E-state index contributed by atoms with van der Waals surface area (Å²) >= 11 is 0. The summed E-state index contributed by atoms with van der Waals surface area (Å²) in [6.45, 7) is 7.73. The molecular formula is C20H35N. The van der Waals surface area contributed by atoms with E-state index in [4.69, 9.17) is 0 Å². The van der Waals surface area contributed by atoms with Crippen molar-refractivity contribution in [3.05, 3.63) is 12.7 Å². The molecule has 3 fully saturated rings. The van der Waals surface area contributed by atoms with Crippen LogP contribution in [0.3, 0.4) is 0 Å². The highest BCUT2D eigenvalue weighted by molar-refractivity contribution is 4.99. The fraction of sp³-hybridized carbons (Fsp3) is 0.900. The number of allylic oxidation sites excluding steroid dienone is 1. The Kier molecular flexibility index (Phi) is 5.43. The van der Waals surface area contributed by atoms with Gasteiger partial charge < -0.3 is 0 Å². The Balaban J connectivity index is 1.60. The molecular weight excluding hydrogens is 254 g/mol. The molecule has 0 amide bonds. The zero-order valence-corrected chi connectivity index (χ0v) is 14.1. The van der Waals surface area contributed by atoms with Crippen molar-refractivity contribution in [3.8, 4) is 0 Å². The Labute approximate surface area is 132 Å². The van der Waals surface area contributed by atoms with Crippen LogP contribution in [0.2, 0.25) is 0 Å². The number of hydrogen-bond donors (Lipinski definition) is 0. The summed E-state index contributed by atoms with van der Waals surface area (Å²) < 4.78 is 0. The van der Waals surface area contributed by atoms with Gasteiger partial charge in [-0.15, -0.1) is 6.58 Å². The van der Waals surface area contributed by atoms with Gasteiger partial charge >= 0.3 is 0 Å². The molecule has 0 aromatic heterocycles. The van der Waals surface area contributed by atoms with Gasteiger partial charge in [0.05, 0.1) is 0 Å². The molecule has 2 saturated carbocycles. The van der Waals surface area contributed by atoms with E-state index in [9.17, 15) is 0 Å². The van der Waals surface area contributed by atoms with Gasteiger partial charge in [0.25, 0.3) is 0 Å². The van der Waals surface area contributed by atoms with Gasteiger partial charge in [-0.2, -0.15) is 0 Å². The van der Waals surface area contributed by atoms with Crippen LogP contribution in [0.25, 0.3) is 0 Å². The fourth-order valence-corrected chi connectivity index (χ4v) is 4.70. The van der Waals surface area contributed by atoms with Crippen molar-refractivity contribution in [2.24, 2.45) is 17.8 Å². The minimum atomic E-state index is 0.904. The lowest BCUT2D eigenvalue weighted by Gasteiger charge is -2.41. The van der Waals surface area contributed by atoms with Crippen molar-refractivity contribution in [1.82, 2.24) is 4.90 Å². The van der Waals surface area contributed by atoms with E-state index < -0.39 is 0 Å². The van der Waals surface area contributed by atoms with Crippen LogP contribution in [0.15, 0.2) is 12.7 Å². The predicted octanol–water partition coefficient (Wildman–Crippen LogP) is 5.41. The first kappa shape index (κ1) is 15.6. The van der Waals surface area contributed by atoms with Gasteiger partial charge in [-0.3, -0.25) is 4.90 Å². The molecule has 1 heterocycles. The zero-order chi connectivity index (χ0) is 14.7. The first-order valence-electron chi connectivity index (χ1n) is 9.70. The topological polar surface area (TPSA) is 3.01 Å². The Hall–Kier alpha value is -0.300. The number of hydrogen-bond acceptors (Lipinski definition) is 1. The summed E-state index contributed by atoms with van der Waals surface area (Å²) in [4.78, 5) is 2.87. The number of nitrogens with zero attached hydrogens (tertiary/aromatic N) is 1. The van der Waals surface area contributed by atoms with Crippen LogP contribution in [-0.4, -0.2) is 23.5 Å². The Morgan fingerprint density at radius 1 is 1.14 bits per heavy atom. The van der Waals surface area contributed by atoms with E-state index in [1.165, 1.54) is 77.2 Å². The molecule has 3 rings (SSSR count). The summed E-state index contributed by atoms with van der Waals surface area (Å²) in [6, 6.07) is 1.82. The van der Waals surface area contributed by atoms with E-state index in [0.717, 1.165) is 29.8 Å². The predicted molar refractivity (Wildman–Crippen MR) is 91.4 cm³/mol. The highest BCUT2D eigenvalue weighted by atomic mass is 15.3. The van der Waals surface area contributed by atoms with Crippen molar-refractivity contribution in [2.75, 3.05) is 6.54 Å². The molecule has 120 valence electrons. The summed E-state index contributed by atoms with van der Waals surface area (Å²) in [5.74, 6) is 3.08. The summed E-state index contributed by atoms with van der Waals surface area (Å²) in [6.07, 6.45) is 18.2. The second kappa shape index (κ2) is 7.31. The first-order valence-corrected chi connectivity index (χ1v) is 9.70. The molecule has 21 heavy (non-hydrogen) atoms. The summed E-state index contributed by atoms with van der Waals surface area (Å²) in [5.41, 5.74) is 0. The van der Waals surface area contributed by atoms with E-state index in [1.807, 2.05) is 0 Å². The van der Waals surface area contributed by atoms with Gasteiger partial charge in [0.1, 0.15) is 0 Å². The molecule has 1 nitrogen and oxygen atoms in total. The lowest BCUT2D eigenvalue weighted by Crippen LogP contribution is -2.38.